The molecule has 2 aromatic carbocycles. The highest BCUT2D eigenvalue weighted by Gasteiger charge is 2.47. The van der Waals surface area contributed by atoms with Crippen LogP contribution in [0, 0.1) is 11.8 Å². The Hall–Kier alpha value is -3.61. The summed E-state index contributed by atoms with van der Waals surface area (Å²) in [5.74, 6) is -0.170. The molecule has 1 aliphatic heterocycles. The van der Waals surface area contributed by atoms with Crippen molar-refractivity contribution in [2.45, 2.75) is 12.8 Å². The fourth-order valence-corrected chi connectivity index (χ4v) is 3.92. The zero-order chi connectivity index (χ0) is 21.3. The normalized spacial score (nSPS) is 20.1. The van der Waals surface area contributed by atoms with Crippen LogP contribution in [-0.2, 0) is 9.59 Å². The molecule has 0 radical (unpaired) electrons. The van der Waals surface area contributed by atoms with Crippen molar-refractivity contribution in [2.24, 2.45) is 11.8 Å². The minimum Gasteiger partial charge on any atom is -0.497 e. The molecule has 0 saturated carbocycles. The second-order valence-electron chi connectivity index (χ2n) is 7.23. The molecule has 0 bridgehead atoms. The van der Waals surface area contributed by atoms with Gasteiger partial charge in [-0.25, -0.2) is 0 Å². The van der Waals surface area contributed by atoms with E-state index in [1.165, 1.54) is 12.0 Å². The van der Waals surface area contributed by atoms with Gasteiger partial charge in [0, 0.05) is 11.6 Å². The summed E-state index contributed by atoms with van der Waals surface area (Å²) >= 11 is 0. The summed E-state index contributed by atoms with van der Waals surface area (Å²) in [6.07, 6.45) is 5.09. The number of hydrogen-bond donors (Lipinski definition) is 1. The molecule has 154 valence electrons. The van der Waals surface area contributed by atoms with E-state index < -0.39 is 0 Å². The summed E-state index contributed by atoms with van der Waals surface area (Å²) in [6.45, 7) is 0. The molecular formula is C23H22N2O5. The molecule has 1 saturated heterocycles. The Morgan fingerprint density at radius 3 is 2.13 bits per heavy atom. The molecule has 3 amide bonds. The molecule has 7 nitrogen and oxygen atoms in total. The highest BCUT2D eigenvalue weighted by atomic mass is 16.5. The number of benzene rings is 2. The summed E-state index contributed by atoms with van der Waals surface area (Å²) < 4.78 is 10.5. The Balaban J connectivity index is 1.52. The van der Waals surface area contributed by atoms with E-state index in [1.54, 1.807) is 49.6 Å². The standard InChI is InChI=1S/C23H22N2O5/c1-29-16-11-12-20(30-2)19(13-16)24-21(26)14-7-9-15(10-8-14)25-22(27)17-5-3-4-6-18(17)23(25)28/h3-4,7-13,17-18H,5-6H2,1-2H3,(H,24,26). The predicted molar refractivity (Wildman–Crippen MR) is 112 cm³/mol. The fraction of sp³-hybridized carbons (Fsp3) is 0.261. The largest absolute Gasteiger partial charge is 0.497 e. The van der Waals surface area contributed by atoms with Gasteiger partial charge in [-0.3, -0.25) is 19.3 Å². The maximum atomic E-state index is 12.7. The van der Waals surface area contributed by atoms with Gasteiger partial charge in [-0.1, -0.05) is 12.2 Å². The molecule has 4 rings (SSSR count). The van der Waals surface area contributed by atoms with Gasteiger partial charge in [0.1, 0.15) is 11.5 Å². The molecular weight excluding hydrogens is 384 g/mol. The number of carbonyl (C=O) groups is 3. The molecule has 2 aliphatic rings. The molecule has 2 unspecified atom stereocenters. The molecule has 1 heterocycles. The minimum atomic E-state index is -0.343. The van der Waals surface area contributed by atoms with Gasteiger partial charge in [0.25, 0.3) is 5.91 Å². The molecule has 0 aromatic heterocycles. The van der Waals surface area contributed by atoms with Crippen LogP contribution in [0.25, 0.3) is 0 Å². The molecule has 2 aromatic rings. The van der Waals surface area contributed by atoms with Gasteiger partial charge in [-0.15, -0.1) is 0 Å². The van der Waals surface area contributed by atoms with Crippen molar-refractivity contribution in [2.75, 3.05) is 24.4 Å². The van der Waals surface area contributed by atoms with Gasteiger partial charge in [-0.05, 0) is 49.2 Å². The van der Waals surface area contributed by atoms with Crippen LogP contribution in [0.2, 0.25) is 0 Å². The van der Waals surface area contributed by atoms with Gasteiger partial charge in [0.05, 0.1) is 37.4 Å². The highest BCUT2D eigenvalue weighted by molar-refractivity contribution is 6.22. The topological polar surface area (TPSA) is 84.9 Å². The second-order valence-corrected chi connectivity index (χ2v) is 7.23. The smallest absolute Gasteiger partial charge is 0.255 e. The SMILES string of the molecule is COc1ccc(OC)c(NC(=O)c2ccc(N3C(=O)C4CC=CCC4C3=O)cc2)c1. The fourth-order valence-electron chi connectivity index (χ4n) is 3.92. The Bertz CT molecular complexity index is 1000. The quantitative estimate of drug-likeness (QED) is 0.608. The maximum Gasteiger partial charge on any atom is 0.255 e. The van der Waals surface area contributed by atoms with E-state index in [4.69, 9.17) is 9.47 Å². The number of fused-ring (bicyclic) bond motifs is 1. The van der Waals surface area contributed by atoms with Crippen molar-refractivity contribution in [3.8, 4) is 11.5 Å². The number of anilines is 2. The first-order valence-electron chi connectivity index (χ1n) is 9.69. The van der Waals surface area contributed by atoms with Crippen molar-refractivity contribution < 1.29 is 23.9 Å². The molecule has 1 aliphatic carbocycles. The van der Waals surface area contributed by atoms with Crippen LogP contribution in [0.4, 0.5) is 11.4 Å². The van der Waals surface area contributed by atoms with Crippen LogP contribution in [0.15, 0.2) is 54.6 Å². The van der Waals surface area contributed by atoms with Crippen molar-refractivity contribution >= 4 is 29.1 Å². The lowest BCUT2D eigenvalue weighted by Crippen LogP contribution is -2.30. The Morgan fingerprint density at radius 2 is 1.57 bits per heavy atom. The van der Waals surface area contributed by atoms with Gasteiger partial charge in [-0.2, -0.15) is 0 Å². The third-order valence-corrected chi connectivity index (χ3v) is 5.55. The maximum absolute atomic E-state index is 12.7. The number of carbonyl (C=O) groups excluding carboxylic acids is 3. The lowest BCUT2D eigenvalue weighted by Gasteiger charge is -2.15. The van der Waals surface area contributed by atoms with Crippen LogP contribution < -0.4 is 19.7 Å². The molecule has 2 atom stereocenters. The van der Waals surface area contributed by atoms with Crippen molar-refractivity contribution in [1.29, 1.82) is 0 Å². The number of nitrogens with one attached hydrogen (secondary N) is 1. The van der Waals surface area contributed by atoms with Crippen molar-refractivity contribution in [3.63, 3.8) is 0 Å². The van der Waals surface area contributed by atoms with Crippen LogP contribution in [0.1, 0.15) is 23.2 Å². The Kier molecular flexibility index (Phi) is 5.27. The third kappa shape index (κ3) is 3.43. The average Bonchev–Trinajstić information content (AvgIpc) is 3.04. The summed E-state index contributed by atoms with van der Waals surface area (Å²) in [7, 11) is 3.06. The average molecular weight is 406 g/mol. The zero-order valence-electron chi connectivity index (χ0n) is 16.8. The van der Waals surface area contributed by atoms with E-state index in [1.807, 2.05) is 12.2 Å². The first-order valence-corrected chi connectivity index (χ1v) is 9.69. The number of amides is 3. The van der Waals surface area contributed by atoms with Gasteiger partial charge >= 0.3 is 0 Å². The molecule has 1 fully saturated rings. The first kappa shape index (κ1) is 19.7. The number of methoxy groups -OCH3 is 2. The lowest BCUT2D eigenvalue weighted by atomic mass is 9.85. The van der Waals surface area contributed by atoms with Gasteiger partial charge in [0.15, 0.2) is 0 Å². The monoisotopic (exact) mass is 406 g/mol. The minimum absolute atomic E-state index is 0.173. The lowest BCUT2D eigenvalue weighted by molar-refractivity contribution is -0.122. The third-order valence-electron chi connectivity index (χ3n) is 5.55. The Labute approximate surface area is 174 Å². The van der Waals surface area contributed by atoms with Gasteiger partial charge in [0.2, 0.25) is 11.8 Å². The van der Waals surface area contributed by atoms with Crippen LogP contribution in [0.5, 0.6) is 11.5 Å². The number of imide groups is 1. The van der Waals surface area contributed by atoms with E-state index in [0.29, 0.717) is 41.3 Å². The first-order chi connectivity index (χ1) is 14.5. The van der Waals surface area contributed by atoms with Gasteiger partial charge < -0.3 is 14.8 Å². The molecule has 7 heteroatoms. The number of rotatable bonds is 5. The molecule has 0 spiro atoms. The molecule has 30 heavy (non-hydrogen) atoms. The molecule has 1 N–H and O–H groups in total. The summed E-state index contributed by atoms with van der Waals surface area (Å²) in [4.78, 5) is 39.3. The zero-order valence-corrected chi connectivity index (χ0v) is 16.8. The van der Waals surface area contributed by atoms with E-state index in [9.17, 15) is 14.4 Å². The van der Waals surface area contributed by atoms with E-state index >= 15 is 0 Å². The van der Waals surface area contributed by atoms with Crippen LogP contribution in [0.3, 0.4) is 0 Å². The number of hydrogen-bond acceptors (Lipinski definition) is 5. The van der Waals surface area contributed by atoms with Crippen molar-refractivity contribution in [1.82, 2.24) is 0 Å². The van der Waals surface area contributed by atoms with Crippen LogP contribution in [-0.4, -0.2) is 31.9 Å². The van der Waals surface area contributed by atoms with Crippen LogP contribution >= 0.6 is 0 Å². The highest BCUT2D eigenvalue weighted by Crippen LogP contribution is 2.37. The van der Waals surface area contributed by atoms with Crippen molar-refractivity contribution in [3.05, 3.63) is 60.2 Å². The second kappa shape index (κ2) is 8.02. The number of ether oxygens (including phenoxy) is 2. The predicted octanol–water partition coefficient (Wildman–Crippen LogP) is 3.41. The summed E-state index contributed by atoms with van der Waals surface area (Å²) in [6, 6.07) is 11.5. The van der Waals surface area contributed by atoms with E-state index in [0.717, 1.165) is 0 Å². The summed E-state index contributed by atoms with van der Waals surface area (Å²) in [5, 5.41) is 2.80. The van der Waals surface area contributed by atoms with E-state index in [-0.39, 0.29) is 29.6 Å². The number of allylic oxidation sites excluding steroid dienone is 2. The summed E-state index contributed by atoms with van der Waals surface area (Å²) in [5.41, 5.74) is 1.35. The van der Waals surface area contributed by atoms with E-state index in [2.05, 4.69) is 5.32 Å². The number of nitrogens with zero attached hydrogens (tertiary/aromatic N) is 1. The Morgan fingerprint density at radius 1 is 0.933 bits per heavy atom.